The molecule has 0 aromatic carbocycles. The van der Waals surface area contributed by atoms with Gasteiger partial charge in [0.1, 0.15) is 0 Å². The number of nitrogens with one attached hydrogen (secondary N) is 1. The van der Waals surface area contributed by atoms with Gasteiger partial charge in [0.25, 0.3) is 5.91 Å². The number of amides is 1. The van der Waals surface area contributed by atoms with Gasteiger partial charge in [-0.2, -0.15) is 5.10 Å². The van der Waals surface area contributed by atoms with Crippen molar-refractivity contribution in [1.82, 2.24) is 15.1 Å². The van der Waals surface area contributed by atoms with Gasteiger partial charge in [-0.15, -0.1) is 0 Å². The lowest BCUT2D eigenvalue weighted by Crippen LogP contribution is -2.32. The van der Waals surface area contributed by atoms with E-state index in [0.29, 0.717) is 17.9 Å². The largest absolute Gasteiger partial charge is 0.396 e. The molecule has 5 nitrogen and oxygen atoms in total. The van der Waals surface area contributed by atoms with Crippen molar-refractivity contribution in [2.75, 3.05) is 5.73 Å². The van der Waals surface area contributed by atoms with Crippen LogP contribution in [0.1, 0.15) is 37.7 Å². The Kier molecular flexibility index (Phi) is 3.71. The number of aromatic nitrogens is 2. The summed E-state index contributed by atoms with van der Waals surface area (Å²) in [6.07, 6.45) is 2.56. The molecule has 0 radical (unpaired) electrons. The molecule has 0 saturated heterocycles. The summed E-state index contributed by atoms with van der Waals surface area (Å²) in [5.74, 6) is -0.200. The number of hydrogen-bond acceptors (Lipinski definition) is 3. The van der Waals surface area contributed by atoms with Crippen LogP contribution in [0.25, 0.3) is 0 Å². The van der Waals surface area contributed by atoms with E-state index in [1.54, 1.807) is 10.9 Å². The third-order valence-corrected chi connectivity index (χ3v) is 2.32. The summed E-state index contributed by atoms with van der Waals surface area (Å²) in [5.41, 5.74) is 6.44. The van der Waals surface area contributed by atoms with Crippen LogP contribution in [0.5, 0.6) is 0 Å². The lowest BCUT2D eigenvalue weighted by Gasteiger charge is -2.09. The van der Waals surface area contributed by atoms with Gasteiger partial charge >= 0.3 is 0 Å². The summed E-state index contributed by atoms with van der Waals surface area (Å²) in [5, 5.41) is 6.92. The molecule has 0 aliphatic rings. The van der Waals surface area contributed by atoms with Crippen molar-refractivity contribution in [2.45, 2.75) is 39.8 Å². The summed E-state index contributed by atoms with van der Waals surface area (Å²) in [6, 6.07) is 0.142. The van der Waals surface area contributed by atoms with Crippen molar-refractivity contribution < 1.29 is 4.79 Å². The maximum atomic E-state index is 11.7. The van der Waals surface area contributed by atoms with Crippen LogP contribution in [0.4, 0.5) is 5.69 Å². The average molecular weight is 210 g/mol. The van der Waals surface area contributed by atoms with Gasteiger partial charge in [0.2, 0.25) is 0 Å². The van der Waals surface area contributed by atoms with Crippen LogP contribution in [0.15, 0.2) is 6.20 Å². The fraction of sp³-hybridized carbons (Fsp3) is 0.600. The maximum absolute atomic E-state index is 11.7. The Labute approximate surface area is 89.6 Å². The van der Waals surface area contributed by atoms with Crippen molar-refractivity contribution in [3.05, 3.63) is 11.9 Å². The Hall–Kier alpha value is -1.52. The molecule has 0 aliphatic heterocycles. The van der Waals surface area contributed by atoms with Crippen molar-refractivity contribution in [2.24, 2.45) is 0 Å². The van der Waals surface area contributed by atoms with E-state index >= 15 is 0 Å². The Bertz CT molecular complexity index is 345. The third-order valence-electron chi connectivity index (χ3n) is 2.32. The molecule has 1 amide bonds. The topological polar surface area (TPSA) is 72.9 Å². The second-order valence-corrected chi connectivity index (χ2v) is 3.57. The molecule has 1 atom stereocenters. The molecule has 1 heterocycles. The zero-order valence-corrected chi connectivity index (χ0v) is 9.45. The number of nitrogen functional groups attached to an aromatic ring is 1. The number of nitrogens with two attached hydrogens (primary N) is 1. The molecule has 1 rings (SSSR count). The molecule has 1 unspecified atom stereocenters. The predicted octanol–water partition coefficient (Wildman–Crippen LogP) is 1.01. The Morgan fingerprint density at radius 1 is 1.67 bits per heavy atom. The molecule has 0 saturated carbocycles. The van der Waals surface area contributed by atoms with Gasteiger partial charge < -0.3 is 11.1 Å². The lowest BCUT2D eigenvalue weighted by molar-refractivity contribution is 0.0934. The molecule has 5 heteroatoms. The van der Waals surface area contributed by atoms with Crippen LogP contribution in [-0.4, -0.2) is 21.7 Å². The number of aryl methyl sites for hydroxylation is 1. The molecule has 0 spiro atoms. The molecule has 1 aromatic heterocycles. The number of nitrogens with zero attached hydrogens (tertiary/aromatic N) is 2. The Morgan fingerprint density at radius 3 is 2.80 bits per heavy atom. The highest BCUT2D eigenvalue weighted by Gasteiger charge is 2.15. The fourth-order valence-corrected chi connectivity index (χ4v) is 1.17. The van der Waals surface area contributed by atoms with E-state index in [0.717, 1.165) is 6.42 Å². The highest BCUT2D eigenvalue weighted by Crippen LogP contribution is 2.09. The molecule has 0 aliphatic carbocycles. The summed E-state index contributed by atoms with van der Waals surface area (Å²) >= 11 is 0. The van der Waals surface area contributed by atoms with Crippen molar-refractivity contribution in [1.29, 1.82) is 0 Å². The minimum Gasteiger partial charge on any atom is -0.396 e. The van der Waals surface area contributed by atoms with Gasteiger partial charge in [0, 0.05) is 18.8 Å². The van der Waals surface area contributed by atoms with Crippen molar-refractivity contribution in [3.63, 3.8) is 0 Å². The second kappa shape index (κ2) is 4.82. The van der Waals surface area contributed by atoms with E-state index in [1.165, 1.54) is 0 Å². The van der Waals surface area contributed by atoms with E-state index in [9.17, 15) is 4.79 Å². The minimum atomic E-state index is -0.200. The lowest BCUT2D eigenvalue weighted by atomic mass is 10.2. The molecule has 3 N–H and O–H groups in total. The number of hydrogen-bond donors (Lipinski definition) is 2. The minimum absolute atomic E-state index is 0.142. The van der Waals surface area contributed by atoms with Crippen LogP contribution >= 0.6 is 0 Å². The van der Waals surface area contributed by atoms with Gasteiger partial charge in [-0.05, 0) is 20.3 Å². The van der Waals surface area contributed by atoms with Gasteiger partial charge in [-0.3, -0.25) is 9.48 Å². The summed E-state index contributed by atoms with van der Waals surface area (Å²) in [6.45, 7) is 6.62. The van der Waals surface area contributed by atoms with Crippen LogP contribution in [0, 0.1) is 0 Å². The summed E-state index contributed by atoms with van der Waals surface area (Å²) < 4.78 is 1.65. The van der Waals surface area contributed by atoms with Gasteiger partial charge in [-0.25, -0.2) is 0 Å². The normalized spacial score (nSPS) is 12.5. The van der Waals surface area contributed by atoms with Crippen LogP contribution in [0.2, 0.25) is 0 Å². The Morgan fingerprint density at radius 2 is 2.33 bits per heavy atom. The number of anilines is 1. The Balaban J connectivity index is 2.77. The molecule has 1 aromatic rings. The molecular weight excluding hydrogens is 192 g/mol. The summed E-state index contributed by atoms with van der Waals surface area (Å²) in [7, 11) is 0. The van der Waals surface area contributed by atoms with E-state index in [-0.39, 0.29) is 11.9 Å². The van der Waals surface area contributed by atoms with E-state index in [1.807, 2.05) is 20.8 Å². The van der Waals surface area contributed by atoms with Gasteiger partial charge in [-0.1, -0.05) is 6.92 Å². The first kappa shape index (κ1) is 11.6. The first-order valence-corrected chi connectivity index (χ1v) is 5.22. The average Bonchev–Trinajstić information content (AvgIpc) is 2.59. The van der Waals surface area contributed by atoms with E-state index < -0.39 is 0 Å². The fourth-order valence-electron chi connectivity index (χ4n) is 1.17. The SMILES string of the molecule is CCC(C)NC(=O)c1nn(CC)cc1N. The number of carbonyl (C=O) groups excluding carboxylic acids is 1. The summed E-state index contributed by atoms with van der Waals surface area (Å²) in [4.78, 5) is 11.7. The molecular formula is C10H18N4O. The molecule has 0 bridgehead atoms. The quantitative estimate of drug-likeness (QED) is 0.779. The molecule has 0 fully saturated rings. The standard InChI is InChI=1S/C10H18N4O/c1-4-7(3)12-10(15)9-8(11)6-14(5-2)13-9/h6-7H,4-5,11H2,1-3H3,(H,12,15). The van der Waals surface area contributed by atoms with Crippen LogP contribution < -0.4 is 11.1 Å². The highest BCUT2D eigenvalue weighted by molar-refractivity contribution is 5.97. The van der Waals surface area contributed by atoms with Crippen LogP contribution in [-0.2, 0) is 6.54 Å². The highest BCUT2D eigenvalue weighted by atomic mass is 16.2. The monoisotopic (exact) mass is 210 g/mol. The second-order valence-electron chi connectivity index (χ2n) is 3.57. The first-order chi connectivity index (χ1) is 7.08. The third kappa shape index (κ3) is 2.71. The van der Waals surface area contributed by atoms with Gasteiger partial charge in [0.15, 0.2) is 5.69 Å². The first-order valence-electron chi connectivity index (χ1n) is 5.22. The van der Waals surface area contributed by atoms with Crippen LogP contribution in [0.3, 0.4) is 0 Å². The molecule has 84 valence electrons. The van der Waals surface area contributed by atoms with Crippen molar-refractivity contribution >= 4 is 11.6 Å². The zero-order chi connectivity index (χ0) is 11.4. The number of carbonyl (C=O) groups is 1. The van der Waals surface area contributed by atoms with Crippen molar-refractivity contribution in [3.8, 4) is 0 Å². The van der Waals surface area contributed by atoms with Gasteiger partial charge in [0.05, 0.1) is 5.69 Å². The molecule has 15 heavy (non-hydrogen) atoms. The van der Waals surface area contributed by atoms with E-state index in [2.05, 4.69) is 10.4 Å². The maximum Gasteiger partial charge on any atom is 0.274 e. The number of rotatable bonds is 4. The predicted molar refractivity (Wildman–Crippen MR) is 59.5 cm³/mol. The van der Waals surface area contributed by atoms with E-state index in [4.69, 9.17) is 5.73 Å². The zero-order valence-electron chi connectivity index (χ0n) is 9.45. The smallest absolute Gasteiger partial charge is 0.274 e.